The highest BCUT2D eigenvalue weighted by molar-refractivity contribution is 6.32. The average Bonchev–Trinajstić information content (AvgIpc) is 2.74. The number of pyridine rings is 1. The van der Waals surface area contributed by atoms with E-state index < -0.39 is 11.4 Å². The van der Waals surface area contributed by atoms with Crippen LogP contribution in [0, 0.1) is 5.82 Å². The number of nitrogens with one attached hydrogen (secondary N) is 1. The van der Waals surface area contributed by atoms with Crippen molar-refractivity contribution in [1.29, 1.82) is 0 Å². The van der Waals surface area contributed by atoms with Crippen LogP contribution in [0.2, 0.25) is 5.02 Å². The fourth-order valence-electron chi connectivity index (χ4n) is 3.18. The van der Waals surface area contributed by atoms with Crippen LogP contribution in [0.4, 0.5) is 4.39 Å². The number of rotatable bonds is 5. The van der Waals surface area contributed by atoms with Crippen molar-refractivity contribution >= 4 is 34.7 Å². The zero-order valence-electron chi connectivity index (χ0n) is 16.1. The summed E-state index contributed by atoms with van der Waals surface area (Å²) in [6.45, 7) is 0.645. The van der Waals surface area contributed by atoms with Gasteiger partial charge in [-0.2, -0.15) is 0 Å². The van der Waals surface area contributed by atoms with Crippen LogP contribution < -0.4 is 10.9 Å². The zero-order chi connectivity index (χ0) is 21.1. The molecular formula is C23H18ClFN4O. The largest absolute Gasteiger partial charge is 0.314 e. The summed E-state index contributed by atoms with van der Waals surface area (Å²) in [5.41, 5.74) is 2.09. The molecule has 0 aliphatic heterocycles. The molecule has 0 saturated carbocycles. The van der Waals surface area contributed by atoms with E-state index in [4.69, 9.17) is 11.6 Å². The van der Waals surface area contributed by atoms with Gasteiger partial charge >= 0.3 is 0 Å². The van der Waals surface area contributed by atoms with Gasteiger partial charge in [-0.1, -0.05) is 29.8 Å². The van der Waals surface area contributed by atoms with E-state index in [2.05, 4.69) is 15.3 Å². The fraction of sp³-hybridized carbons (Fsp3) is 0.0870. The van der Waals surface area contributed by atoms with E-state index in [1.165, 1.54) is 22.8 Å². The summed E-state index contributed by atoms with van der Waals surface area (Å²) in [5, 5.41) is 3.64. The Morgan fingerprint density at radius 3 is 2.70 bits per heavy atom. The summed E-state index contributed by atoms with van der Waals surface area (Å²) in [6, 6.07) is 16.6. The van der Waals surface area contributed by atoms with Gasteiger partial charge in [0.2, 0.25) is 0 Å². The van der Waals surface area contributed by atoms with Gasteiger partial charge in [0.05, 0.1) is 33.0 Å². The Hall–Kier alpha value is -3.35. The first-order chi connectivity index (χ1) is 14.6. The SMILES string of the molecule is CNCc1cccc(/C=C/c2nc3ccc(F)cc3c(=O)n2-c2ccccc2Cl)n1. The molecule has 4 rings (SSSR count). The molecule has 2 aromatic carbocycles. The predicted octanol–water partition coefficient (Wildman–Crippen LogP) is 4.46. The molecular weight excluding hydrogens is 403 g/mol. The normalized spacial score (nSPS) is 11.4. The second-order valence-corrected chi connectivity index (χ2v) is 7.05. The zero-order valence-corrected chi connectivity index (χ0v) is 16.9. The number of fused-ring (bicyclic) bond motifs is 1. The lowest BCUT2D eigenvalue weighted by Crippen LogP contribution is -2.22. The Morgan fingerprint density at radius 1 is 1.07 bits per heavy atom. The molecule has 7 heteroatoms. The van der Waals surface area contributed by atoms with Gasteiger partial charge in [-0.05, 0) is 61.7 Å². The molecule has 0 amide bonds. The Labute approximate surface area is 177 Å². The van der Waals surface area contributed by atoms with Crippen LogP contribution in [0.15, 0.2) is 65.5 Å². The number of aromatic nitrogens is 3. The number of nitrogens with zero attached hydrogens (tertiary/aromatic N) is 3. The van der Waals surface area contributed by atoms with Crippen molar-refractivity contribution in [3.05, 3.63) is 99.1 Å². The summed E-state index contributed by atoms with van der Waals surface area (Å²) < 4.78 is 15.2. The average molecular weight is 421 g/mol. The van der Waals surface area contributed by atoms with Crippen molar-refractivity contribution in [3.8, 4) is 5.69 Å². The van der Waals surface area contributed by atoms with E-state index >= 15 is 0 Å². The molecule has 0 fully saturated rings. The maximum atomic E-state index is 13.8. The standard InChI is InChI=1S/C23H18ClFN4O/c1-26-14-17-6-4-5-16(27-17)10-12-22-28-20-11-9-15(25)13-18(20)23(30)29(22)21-8-3-2-7-19(21)24/h2-13,26H,14H2,1H3/b12-10+. The lowest BCUT2D eigenvalue weighted by molar-refractivity contribution is 0.629. The van der Waals surface area contributed by atoms with Crippen molar-refractivity contribution in [2.24, 2.45) is 0 Å². The van der Waals surface area contributed by atoms with Crippen LogP contribution >= 0.6 is 11.6 Å². The molecule has 0 aliphatic carbocycles. The second kappa shape index (κ2) is 8.57. The van der Waals surface area contributed by atoms with Gasteiger partial charge in [-0.15, -0.1) is 0 Å². The van der Waals surface area contributed by atoms with E-state index in [0.29, 0.717) is 28.6 Å². The highest BCUT2D eigenvalue weighted by Gasteiger charge is 2.14. The molecule has 0 bridgehead atoms. The lowest BCUT2D eigenvalue weighted by Gasteiger charge is -2.13. The van der Waals surface area contributed by atoms with Crippen molar-refractivity contribution in [2.75, 3.05) is 7.05 Å². The van der Waals surface area contributed by atoms with Gasteiger partial charge < -0.3 is 5.32 Å². The molecule has 1 N–H and O–H groups in total. The summed E-state index contributed by atoms with van der Waals surface area (Å²) in [6.07, 6.45) is 3.49. The Morgan fingerprint density at radius 2 is 1.90 bits per heavy atom. The molecule has 0 spiro atoms. The minimum atomic E-state index is -0.499. The summed E-state index contributed by atoms with van der Waals surface area (Å²) in [5.74, 6) is -0.131. The number of hydrogen-bond acceptors (Lipinski definition) is 4. The highest BCUT2D eigenvalue weighted by Crippen LogP contribution is 2.22. The van der Waals surface area contributed by atoms with Crippen molar-refractivity contribution in [1.82, 2.24) is 19.9 Å². The van der Waals surface area contributed by atoms with E-state index in [9.17, 15) is 9.18 Å². The van der Waals surface area contributed by atoms with Gasteiger partial charge in [0.15, 0.2) is 0 Å². The molecule has 0 radical (unpaired) electrons. The first kappa shape index (κ1) is 19.9. The number of hydrogen-bond donors (Lipinski definition) is 1. The van der Waals surface area contributed by atoms with Crippen LogP contribution in [0.1, 0.15) is 17.2 Å². The molecule has 0 unspecified atom stereocenters. The second-order valence-electron chi connectivity index (χ2n) is 6.64. The molecule has 2 heterocycles. The number of benzene rings is 2. The Kier molecular flexibility index (Phi) is 5.70. The van der Waals surface area contributed by atoms with Crippen LogP contribution in [-0.4, -0.2) is 21.6 Å². The number of halogens is 2. The summed E-state index contributed by atoms with van der Waals surface area (Å²) >= 11 is 6.35. The molecule has 30 heavy (non-hydrogen) atoms. The van der Waals surface area contributed by atoms with Crippen LogP contribution in [0.5, 0.6) is 0 Å². The fourth-order valence-corrected chi connectivity index (χ4v) is 3.40. The van der Waals surface area contributed by atoms with Gasteiger partial charge in [0, 0.05) is 6.54 Å². The molecule has 0 atom stereocenters. The maximum absolute atomic E-state index is 13.8. The molecule has 2 aromatic heterocycles. The molecule has 4 aromatic rings. The molecule has 0 saturated heterocycles. The first-order valence-electron chi connectivity index (χ1n) is 9.32. The summed E-state index contributed by atoms with van der Waals surface area (Å²) in [4.78, 5) is 22.4. The minimum absolute atomic E-state index is 0.182. The third-order valence-corrected chi connectivity index (χ3v) is 4.86. The first-order valence-corrected chi connectivity index (χ1v) is 9.70. The van der Waals surface area contributed by atoms with Crippen molar-refractivity contribution < 1.29 is 4.39 Å². The lowest BCUT2D eigenvalue weighted by atomic mass is 10.2. The van der Waals surface area contributed by atoms with Crippen LogP contribution in [-0.2, 0) is 6.54 Å². The van der Waals surface area contributed by atoms with E-state index in [1.807, 2.05) is 25.2 Å². The van der Waals surface area contributed by atoms with Crippen molar-refractivity contribution in [2.45, 2.75) is 6.54 Å². The minimum Gasteiger partial charge on any atom is -0.314 e. The molecule has 0 aliphatic rings. The van der Waals surface area contributed by atoms with Crippen LogP contribution in [0.25, 0.3) is 28.7 Å². The van der Waals surface area contributed by atoms with Gasteiger partial charge in [0.25, 0.3) is 5.56 Å². The van der Waals surface area contributed by atoms with Crippen LogP contribution in [0.3, 0.4) is 0 Å². The van der Waals surface area contributed by atoms with E-state index in [1.54, 1.807) is 36.4 Å². The Balaban J connectivity index is 1.91. The predicted molar refractivity (Wildman–Crippen MR) is 118 cm³/mol. The monoisotopic (exact) mass is 420 g/mol. The third kappa shape index (κ3) is 4.01. The molecule has 150 valence electrons. The van der Waals surface area contributed by atoms with Gasteiger partial charge in [-0.25, -0.2) is 9.37 Å². The number of para-hydroxylation sites is 1. The quantitative estimate of drug-likeness (QED) is 0.517. The highest BCUT2D eigenvalue weighted by atomic mass is 35.5. The van der Waals surface area contributed by atoms with E-state index in [-0.39, 0.29) is 5.39 Å². The van der Waals surface area contributed by atoms with Crippen molar-refractivity contribution in [3.63, 3.8) is 0 Å². The van der Waals surface area contributed by atoms with Gasteiger partial charge in [-0.3, -0.25) is 14.3 Å². The molecule has 5 nitrogen and oxygen atoms in total. The maximum Gasteiger partial charge on any atom is 0.266 e. The van der Waals surface area contributed by atoms with E-state index in [0.717, 1.165) is 11.4 Å². The smallest absolute Gasteiger partial charge is 0.266 e. The summed E-state index contributed by atoms with van der Waals surface area (Å²) in [7, 11) is 1.86. The topological polar surface area (TPSA) is 59.8 Å². The third-order valence-electron chi connectivity index (χ3n) is 4.54. The van der Waals surface area contributed by atoms with Gasteiger partial charge in [0.1, 0.15) is 11.6 Å². The Bertz CT molecular complexity index is 1320.